The van der Waals surface area contributed by atoms with Crippen molar-refractivity contribution in [3.63, 3.8) is 0 Å². The van der Waals surface area contributed by atoms with Crippen LogP contribution in [0.15, 0.2) is 30.3 Å². The molecule has 90 valence electrons. The van der Waals surface area contributed by atoms with E-state index in [0.717, 1.165) is 5.56 Å². The monoisotopic (exact) mass is 234 g/mol. The van der Waals surface area contributed by atoms with Crippen LogP contribution >= 0.6 is 0 Å². The number of benzene rings is 1. The number of carbonyl (C=O) groups excluding carboxylic acids is 2. The van der Waals surface area contributed by atoms with E-state index >= 15 is 0 Å². The zero-order chi connectivity index (χ0) is 12.1. The molecule has 1 aliphatic heterocycles. The van der Waals surface area contributed by atoms with Crippen molar-refractivity contribution in [2.75, 3.05) is 19.7 Å². The topological polar surface area (TPSA) is 58.6 Å². The molecule has 1 fully saturated rings. The summed E-state index contributed by atoms with van der Waals surface area (Å²) >= 11 is 0. The molecule has 1 aliphatic rings. The molecule has 0 bridgehead atoms. The second-order valence-corrected chi connectivity index (χ2v) is 3.80. The average Bonchev–Trinajstić information content (AvgIpc) is 2.74. The quantitative estimate of drug-likeness (QED) is 0.836. The number of cyclic esters (lactones) is 1. The normalized spacial score (nSPS) is 14.6. The van der Waals surface area contributed by atoms with E-state index in [-0.39, 0.29) is 12.5 Å². The first-order valence-electron chi connectivity index (χ1n) is 5.48. The lowest BCUT2D eigenvalue weighted by Gasteiger charge is -2.12. The molecule has 0 saturated carbocycles. The Bertz CT molecular complexity index is 405. The van der Waals surface area contributed by atoms with Crippen molar-refractivity contribution in [1.29, 1.82) is 0 Å². The lowest BCUT2D eigenvalue weighted by atomic mass is 10.2. The van der Waals surface area contributed by atoms with E-state index in [1.807, 2.05) is 30.3 Å². The first-order valence-corrected chi connectivity index (χ1v) is 5.48. The van der Waals surface area contributed by atoms with E-state index in [0.29, 0.717) is 19.7 Å². The number of nitrogens with zero attached hydrogens (tertiary/aromatic N) is 1. The van der Waals surface area contributed by atoms with E-state index in [2.05, 4.69) is 5.32 Å². The lowest BCUT2D eigenvalue weighted by Crippen LogP contribution is -2.37. The molecule has 5 nitrogen and oxygen atoms in total. The van der Waals surface area contributed by atoms with Crippen LogP contribution in [-0.4, -0.2) is 36.6 Å². The molecule has 1 saturated heterocycles. The molecule has 0 radical (unpaired) electrons. The van der Waals surface area contributed by atoms with Crippen LogP contribution in [0.2, 0.25) is 0 Å². The van der Waals surface area contributed by atoms with Gasteiger partial charge in [-0.1, -0.05) is 30.3 Å². The number of hydrogen-bond acceptors (Lipinski definition) is 3. The highest BCUT2D eigenvalue weighted by Crippen LogP contribution is 2.02. The summed E-state index contributed by atoms with van der Waals surface area (Å²) in [4.78, 5) is 24.1. The maximum atomic E-state index is 11.6. The Morgan fingerprint density at radius 2 is 2.12 bits per heavy atom. The zero-order valence-electron chi connectivity index (χ0n) is 9.39. The van der Waals surface area contributed by atoms with Crippen molar-refractivity contribution in [2.45, 2.75) is 6.54 Å². The Labute approximate surface area is 99.4 Å². The van der Waals surface area contributed by atoms with Crippen LogP contribution in [0.4, 0.5) is 4.79 Å². The van der Waals surface area contributed by atoms with Gasteiger partial charge in [0.2, 0.25) is 5.91 Å². The summed E-state index contributed by atoms with van der Waals surface area (Å²) in [6, 6.07) is 9.62. The van der Waals surface area contributed by atoms with Crippen LogP contribution in [0.25, 0.3) is 0 Å². The molecule has 0 aromatic heterocycles. The van der Waals surface area contributed by atoms with Gasteiger partial charge in [0, 0.05) is 6.54 Å². The summed E-state index contributed by atoms with van der Waals surface area (Å²) < 4.78 is 4.74. The number of amides is 2. The molecular weight excluding hydrogens is 220 g/mol. The minimum Gasteiger partial charge on any atom is -0.448 e. The maximum absolute atomic E-state index is 11.6. The molecule has 1 heterocycles. The number of ether oxygens (including phenoxy) is 1. The predicted molar refractivity (Wildman–Crippen MR) is 61.2 cm³/mol. The Balaban J connectivity index is 1.76. The second kappa shape index (κ2) is 5.34. The fourth-order valence-electron chi connectivity index (χ4n) is 1.60. The maximum Gasteiger partial charge on any atom is 0.410 e. The van der Waals surface area contributed by atoms with E-state index in [9.17, 15) is 9.59 Å². The van der Waals surface area contributed by atoms with E-state index in [1.165, 1.54) is 4.90 Å². The van der Waals surface area contributed by atoms with Crippen LogP contribution < -0.4 is 5.32 Å². The first kappa shape index (κ1) is 11.4. The minimum absolute atomic E-state index is 0.0612. The molecule has 5 heteroatoms. The molecule has 0 unspecified atom stereocenters. The highest BCUT2D eigenvalue weighted by molar-refractivity contribution is 5.82. The van der Waals surface area contributed by atoms with Crippen LogP contribution in [0.3, 0.4) is 0 Å². The van der Waals surface area contributed by atoms with E-state index < -0.39 is 6.09 Å². The smallest absolute Gasteiger partial charge is 0.410 e. The highest BCUT2D eigenvalue weighted by Gasteiger charge is 2.23. The Morgan fingerprint density at radius 1 is 1.35 bits per heavy atom. The van der Waals surface area contributed by atoms with E-state index in [1.54, 1.807) is 0 Å². The number of carbonyl (C=O) groups is 2. The van der Waals surface area contributed by atoms with E-state index in [4.69, 9.17) is 4.74 Å². The molecule has 2 amide bonds. The van der Waals surface area contributed by atoms with Crippen molar-refractivity contribution in [3.8, 4) is 0 Å². The van der Waals surface area contributed by atoms with Crippen LogP contribution in [0.1, 0.15) is 5.56 Å². The van der Waals surface area contributed by atoms with Crippen molar-refractivity contribution in [3.05, 3.63) is 35.9 Å². The first-order chi connectivity index (χ1) is 8.25. The van der Waals surface area contributed by atoms with Gasteiger partial charge in [-0.15, -0.1) is 0 Å². The van der Waals surface area contributed by atoms with Gasteiger partial charge >= 0.3 is 6.09 Å². The summed E-state index contributed by atoms with van der Waals surface area (Å²) in [5, 5.41) is 2.76. The van der Waals surface area contributed by atoms with Crippen molar-refractivity contribution < 1.29 is 14.3 Å². The highest BCUT2D eigenvalue weighted by atomic mass is 16.6. The molecule has 0 spiro atoms. The van der Waals surface area contributed by atoms with Crippen LogP contribution in [0.5, 0.6) is 0 Å². The van der Waals surface area contributed by atoms with Gasteiger partial charge in [-0.05, 0) is 5.56 Å². The van der Waals surface area contributed by atoms with Gasteiger partial charge in [-0.3, -0.25) is 9.69 Å². The summed E-state index contributed by atoms with van der Waals surface area (Å²) in [6.45, 7) is 1.39. The fraction of sp³-hybridized carbons (Fsp3) is 0.333. The summed E-state index contributed by atoms with van der Waals surface area (Å²) in [5.74, 6) is -0.173. The third-order valence-electron chi connectivity index (χ3n) is 2.51. The van der Waals surface area contributed by atoms with Gasteiger partial charge in [-0.2, -0.15) is 0 Å². The zero-order valence-corrected chi connectivity index (χ0v) is 9.39. The molecule has 1 aromatic rings. The summed E-state index contributed by atoms with van der Waals surface area (Å²) in [6.07, 6.45) is -0.417. The third-order valence-corrected chi connectivity index (χ3v) is 2.51. The largest absolute Gasteiger partial charge is 0.448 e. The molecule has 1 aromatic carbocycles. The Kier molecular flexibility index (Phi) is 3.59. The van der Waals surface area contributed by atoms with Crippen molar-refractivity contribution >= 4 is 12.0 Å². The van der Waals surface area contributed by atoms with Gasteiger partial charge < -0.3 is 10.1 Å². The SMILES string of the molecule is O=C(CN1CCOC1=O)NCc1ccccc1. The van der Waals surface area contributed by atoms with Crippen molar-refractivity contribution in [2.24, 2.45) is 0 Å². The molecule has 0 aliphatic carbocycles. The lowest BCUT2D eigenvalue weighted by molar-refractivity contribution is -0.121. The summed E-state index contributed by atoms with van der Waals surface area (Å²) in [5.41, 5.74) is 1.03. The average molecular weight is 234 g/mol. The Morgan fingerprint density at radius 3 is 2.76 bits per heavy atom. The number of nitrogens with one attached hydrogen (secondary N) is 1. The van der Waals surface area contributed by atoms with Gasteiger partial charge in [0.05, 0.1) is 6.54 Å². The minimum atomic E-state index is -0.417. The molecular formula is C12H14N2O3. The molecule has 17 heavy (non-hydrogen) atoms. The van der Waals surface area contributed by atoms with Gasteiger partial charge in [0.1, 0.15) is 13.2 Å². The predicted octanol–water partition coefficient (Wildman–Crippen LogP) is 0.755. The van der Waals surface area contributed by atoms with Gasteiger partial charge in [0.15, 0.2) is 0 Å². The molecule has 0 atom stereocenters. The molecule has 1 N–H and O–H groups in total. The fourth-order valence-corrected chi connectivity index (χ4v) is 1.60. The summed E-state index contributed by atoms with van der Waals surface area (Å²) in [7, 11) is 0. The number of hydrogen-bond donors (Lipinski definition) is 1. The standard InChI is InChI=1S/C12H14N2O3/c15-11(9-14-6-7-17-12(14)16)13-8-10-4-2-1-3-5-10/h1-5H,6-9H2,(H,13,15). The van der Waals surface area contributed by atoms with Gasteiger partial charge in [-0.25, -0.2) is 4.79 Å². The Hall–Kier alpha value is -2.04. The number of rotatable bonds is 4. The second-order valence-electron chi connectivity index (χ2n) is 3.80. The molecule has 2 rings (SSSR count). The third kappa shape index (κ3) is 3.21. The van der Waals surface area contributed by atoms with Crippen LogP contribution in [-0.2, 0) is 16.1 Å². The van der Waals surface area contributed by atoms with Crippen LogP contribution in [0, 0.1) is 0 Å². The van der Waals surface area contributed by atoms with Crippen molar-refractivity contribution in [1.82, 2.24) is 10.2 Å². The van der Waals surface area contributed by atoms with Gasteiger partial charge in [0.25, 0.3) is 0 Å².